The van der Waals surface area contributed by atoms with Crippen LogP contribution in [0.4, 0.5) is 0 Å². The Hall–Kier alpha value is -0.300. The quantitative estimate of drug-likeness (QED) is 0.223. The molecule has 0 aliphatic carbocycles. The molecule has 0 aromatic heterocycles. The molecule has 1 nitrogen and oxygen atoms in total. The molecule has 0 rings (SSSR count). The van der Waals surface area contributed by atoms with Crippen molar-refractivity contribution in [1.29, 1.82) is 0 Å². The minimum absolute atomic E-state index is 0.190. The van der Waals surface area contributed by atoms with Crippen molar-refractivity contribution in [2.75, 3.05) is 7.11 Å². The second-order valence-corrected chi connectivity index (χ2v) is 6.23. The van der Waals surface area contributed by atoms with Crippen LogP contribution in [0.25, 0.3) is 0 Å². The third kappa shape index (κ3) is 17.6. The second kappa shape index (κ2) is 17.8. The van der Waals surface area contributed by atoms with Crippen molar-refractivity contribution in [3.63, 3.8) is 0 Å². The van der Waals surface area contributed by atoms with E-state index in [-0.39, 0.29) is 6.10 Å². The van der Waals surface area contributed by atoms with Crippen LogP contribution in [0.5, 0.6) is 0 Å². The first-order valence-electron chi connectivity index (χ1n) is 9.32. The van der Waals surface area contributed by atoms with Crippen molar-refractivity contribution in [3.8, 4) is 0 Å². The zero-order chi connectivity index (χ0) is 15.6. The van der Waals surface area contributed by atoms with Crippen LogP contribution >= 0.6 is 0 Å². The van der Waals surface area contributed by atoms with Crippen molar-refractivity contribution in [2.45, 2.75) is 103 Å². The van der Waals surface area contributed by atoms with Gasteiger partial charge in [-0.05, 0) is 39.0 Å². The molecule has 1 heteroatoms. The number of ether oxygens (including phenoxy) is 1. The van der Waals surface area contributed by atoms with E-state index in [0.717, 1.165) is 6.42 Å². The number of hydrogen-bond donors (Lipinski definition) is 0. The third-order valence-corrected chi connectivity index (χ3v) is 4.12. The average Bonchev–Trinajstić information content (AvgIpc) is 2.50. The molecule has 0 amide bonds. The number of hydrogen-bond acceptors (Lipinski definition) is 1. The molecule has 0 aromatic rings. The van der Waals surface area contributed by atoms with Crippen LogP contribution in [0.2, 0.25) is 0 Å². The summed E-state index contributed by atoms with van der Waals surface area (Å²) in [5, 5.41) is 0. The van der Waals surface area contributed by atoms with E-state index in [1.54, 1.807) is 7.11 Å². The highest BCUT2D eigenvalue weighted by atomic mass is 16.5. The fourth-order valence-corrected chi connectivity index (χ4v) is 2.56. The average molecular weight is 296 g/mol. The van der Waals surface area contributed by atoms with Crippen LogP contribution in [0, 0.1) is 6.92 Å². The summed E-state index contributed by atoms with van der Waals surface area (Å²) in [7, 11) is 1.75. The molecule has 0 saturated heterocycles. The van der Waals surface area contributed by atoms with E-state index in [9.17, 15) is 0 Å². The first kappa shape index (κ1) is 20.7. The molecule has 1 radical (unpaired) electrons. The van der Waals surface area contributed by atoms with Gasteiger partial charge < -0.3 is 4.74 Å². The van der Waals surface area contributed by atoms with E-state index in [2.05, 4.69) is 26.0 Å². The van der Waals surface area contributed by atoms with E-state index in [0.29, 0.717) is 0 Å². The molecule has 1 unspecified atom stereocenters. The van der Waals surface area contributed by atoms with Gasteiger partial charge in [0.15, 0.2) is 0 Å². The van der Waals surface area contributed by atoms with Crippen LogP contribution in [0.3, 0.4) is 0 Å². The summed E-state index contributed by atoms with van der Waals surface area (Å²) in [5.41, 5.74) is 0. The van der Waals surface area contributed by atoms with Crippen molar-refractivity contribution >= 4 is 0 Å². The maximum atomic E-state index is 5.15. The zero-order valence-electron chi connectivity index (χ0n) is 14.7. The van der Waals surface area contributed by atoms with Crippen molar-refractivity contribution in [3.05, 3.63) is 19.1 Å². The topological polar surface area (TPSA) is 9.23 Å². The van der Waals surface area contributed by atoms with Gasteiger partial charge in [0.1, 0.15) is 0 Å². The molecule has 0 saturated carbocycles. The van der Waals surface area contributed by atoms with E-state index in [1.807, 2.05) is 0 Å². The first-order valence-corrected chi connectivity index (χ1v) is 9.32. The van der Waals surface area contributed by atoms with Crippen LogP contribution in [-0.4, -0.2) is 13.2 Å². The summed E-state index contributed by atoms with van der Waals surface area (Å²) < 4.78 is 5.15. The maximum absolute atomic E-state index is 5.15. The molecule has 0 aliphatic rings. The van der Waals surface area contributed by atoms with Gasteiger partial charge in [-0.3, -0.25) is 0 Å². The highest BCUT2D eigenvalue weighted by Crippen LogP contribution is 2.11. The fraction of sp³-hybridized carbons (Fsp3) is 0.850. The lowest BCUT2D eigenvalue weighted by Crippen LogP contribution is -2.04. The zero-order valence-corrected chi connectivity index (χ0v) is 14.7. The summed E-state index contributed by atoms with van der Waals surface area (Å²) in [5.74, 6) is 0. The van der Waals surface area contributed by atoms with Crippen LogP contribution in [0.15, 0.2) is 12.2 Å². The van der Waals surface area contributed by atoms with Gasteiger partial charge >= 0.3 is 0 Å². The van der Waals surface area contributed by atoms with Gasteiger partial charge in [-0.15, -0.1) is 0 Å². The third-order valence-electron chi connectivity index (χ3n) is 4.12. The Kier molecular flexibility index (Phi) is 17.5. The lowest BCUT2D eigenvalue weighted by atomic mass is 10.1. The number of rotatable bonds is 16. The van der Waals surface area contributed by atoms with E-state index in [4.69, 9.17) is 4.74 Å². The minimum atomic E-state index is 0.190. The number of methoxy groups -OCH3 is 1. The van der Waals surface area contributed by atoms with E-state index < -0.39 is 0 Å². The number of unbranched alkanes of at least 4 members (excludes halogenated alkanes) is 11. The van der Waals surface area contributed by atoms with Crippen LogP contribution in [0.1, 0.15) is 96.8 Å². The molecule has 0 aromatic carbocycles. The van der Waals surface area contributed by atoms with Gasteiger partial charge in [-0.2, -0.15) is 0 Å². The van der Waals surface area contributed by atoms with Crippen molar-refractivity contribution < 1.29 is 4.74 Å². The molecule has 0 aliphatic heterocycles. The highest BCUT2D eigenvalue weighted by molar-refractivity contribution is 4.81. The summed E-state index contributed by atoms with van der Waals surface area (Å²) >= 11 is 0. The first-order chi connectivity index (χ1) is 10.3. The summed E-state index contributed by atoms with van der Waals surface area (Å²) in [6.45, 7) is 6.21. The Morgan fingerprint density at radius 3 is 1.76 bits per heavy atom. The molecule has 21 heavy (non-hydrogen) atoms. The lowest BCUT2D eigenvalue weighted by Gasteiger charge is -2.07. The monoisotopic (exact) mass is 295 g/mol. The predicted molar refractivity (Wildman–Crippen MR) is 95.6 cm³/mol. The molecule has 0 fully saturated rings. The van der Waals surface area contributed by atoms with Gasteiger partial charge in [0, 0.05) is 7.11 Å². The number of allylic oxidation sites excluding steroid dienone is 2. The molecular weight excluding hydrogens is 256 g/mol. The molecular formula is C20H39O. The highest BCUT2D eigenvalue weighted by Gasteiger charge is 1.98. The minimum Gasteiger partial charge on any atom is -0.381 e. The molecule has 0 spiro atoms. The SMILES string of the molecule is [CH2]C(CCCCCCCC=CCCCCCCCC)OC. The molecule has 0 heterocycles. The van der Waals surface area contributed by atoms with Gasteiger partial charge in [0.2, 0.25) is 0 Å². The lowest BCUT2D eigenvalue weighted by molar-refractivity contribution is 0.129. The van der Waals surface area contributed by atoms with Gasteiger partial charge in [0.05, 0.1) is 6.10 Å². The molecule has 1 atom stereocenters. The van der Waals surface area contributed by atoms with Gasteiger partial charge in [0.25, 0.3) is 0 Å². The Labute approximate surface area is 134 Å². The predicted octanol–water partition coefficient (Wildman–Crippen LogP) is 6.87. The van der Waals surface area contributed by atoms with Gasteiger partial charge in [-0.25, -0.2) is 0 Å². The normalized spacial score (nSPS) is 13.1. The van der Waals surface area contributed by atoms with Crippen molar-refractivity contribution in [2.24, 2.45) is 0 Å². The summed E-state index contributed by atoms with van der Waals surface area (Å²) in [4.78, 5) is 0. The van der Waals surface area contributed by atoms with E-state index in [1.165, 1.54) is 83.5 Å². The van der Waals surface area contributed by atoms with Crippen molar-refractivity contribution in [1.82, 2.24) is 0 Å². The summed E-state index contributed by atoms with van der Waals surface area (Å²) in [6, 6.07) is 0. The molecule has 125 valence electrons. The van der Waals surface area contributed by atoms with Crippen LogP contribution < -0.4 is 0 Å². The Balaban J connectivity index is 3.08. The maximum Gasteiger partial charge on any atom is 0.0572 e. The molecule has 0 N–H and O–H groups in total. The molecule has 0 bridgehead atoms. The summed E-state index contributed by atoms with van der Waals surface area (Å²) in [6.07, 6.45) is 23.7. The standard InChI is InChI=1S/C20H39O/c1-4-5-6-7-8-9-10-11-12-13-14-15-16-17-18-19-20(2)21-3/h11-12,20H,2,4-10,13-19H2,1,3H3. The Morgan fingerprint density at radius 1 is 0.762 bits per heavy atom. The van der Waals surface area contributed by atoms with Crippen LogP contribution in [-0.2, 0) is 4.74 Å². The second-order valence-electron chi connectivity index (χ2n) is 6.23. The Bertz CT molecular complexity index is 210. The fourth-order valence-electron chi connectivity index (χ4n) is 2.56. The smallest absolute Gasteiger partial charge is 0.0572 e. The largest absolute Gasteiger partial charge is 0.381 e. The van der Waals surface area contributed by atoms with E-state index >= 15 is 0 Å². The Morgan fingerprint density at radius 2 is 1.24 bits per heavy atom. The van der Waals surface area contributed by atoms with Gasteiger partial charge in [-0.1, -0.05) is 76.9 Å².